The van der Waals surface area contributed by atoms with Gasteiger partial charge in [0, 0.05) is 48.9 Å². The molecule has 5 nitrogen and oxygen atoms in total. The minimum Gasteiger partial charge on any atom is -0.508 e. The van der Waals surface area contributed by atoms with Gasteiger partial charge in [-0.25, -0.2) is 9.97 Å². The maximum absolute atomic E-state index is 12.8. The van der Waals surface area contributed by atoms with Crippen LogP contribution in [0.25, 0.3) is 17.5 Å². The molecule has 0 aliphatic carbocycles. The Bertz CT molecular complexity index is 1190. The summed E-state index contributed by atoms with van der Waals surface area (Å²) in [6, 6.07) is 9.99. The summed E-state index contributed by atoms with van der Waals surface area (Å²) in [5.74, 6) is 1.41. The van der Waals surface area contributed by atoms with Crippen molar-refractivity contribution in [3.05, 3.63) is 76.6 Å². The number of halogens is 3. The molecule has 2 aliphatic rings. The molecule has 164 valence electrons. The fraction of sp³-hybridized carbons (Fsp3) is 0.250. The van der Waals surface area contributed by atoms with Gasteiger partial charge in [-0.2, -0.15) is 13.2 Å². The molecular formula is C24H20F3N3O2. The Balaban J connectivity index is 1.29. The van der Waals surface area contributed by atoms with Gasteiger partial charge < -0.3 is 9.84 Å². The minimum atomic E-state index is -4.36. The molecule has 2 aliphatic heterocycles. The first-order valence-electron chi connectivity index (χ1n) is 10.3. The molecule has 0 fully saturated rings. The highest BCUT2D eigenvalue weighted by Crippen LogP contribution is 2.32. The van der Waals surface area contributed by atoms with E-state index in [1.807, 2.05) is 0 Å². The number of hydrogen-bond donors (Lipinski definition) is 1. The van der Waals surface area contributed by atoms with Crippen LogP contribution in [0.15, 0.2) is 54.2 Å². The van der Waals surface area contributed by atoms with E-state index in [1.54, 1.807) is 24.4 Å². The fourth-order valence-corrected chi connectivity index (χ4v) is 4.05. The number of phenolic OH excluding ortho intramolecular Hbond substituents is 1. The first kappa shape index (κ1) is 20.5. The van der Waals surface area contributed by atoms with Crippen LogP contribution in [0.2, 0.25) is 0 Å². The van der Waals surface area contributed by atoms with Crippen molar-refractivity contribution >= 4 is 6.08 Å². The number of aromatic nitrogens is 2. The summed E-state index contributed by atoms with van der Waals surface area (Å²) < 4.78 is 44.1. The maximum Gasteiger partial charge on any atom is 0.416 e. The van der Waals surface area contributed by atoms with Crippen molar-refractivity contribution in [3.63, 3.8) is 0 Å². The predicted molar refractivity (Wildman–Crippen MR) is 113 cm³/mol. The molecule has 0 atom stereocenters. The molecule has 1 aromatic heterocycles. The van der Waals surface area contributed by atoms with E-state index in [2.05, 4.69) is 20.9 Å². The summed E-state index contributed by atoms with van der Waals surface area (Å²) in [5, 5.41) is 9.70. The van der Waals surface area contributed by atoms with Gasteiger partial charge in [0.15, 0.2) is 5.82 Å². The number of nitrogens with zero attached hydrogens (tertiary/aromatic N) is 3. The Hall–Kier alpha value is -3.39. The van der Waals surface area contributed by atoms with E-state index < -0.39 is 11.7 Å². The first-order chi connectivity index (χ1) is 15.3. The Morgan fingerprint density at radius 1 is 1.09 bits per heavy atom. The Kier molecular flexibility index (Phi) is 5.09. The van der Waals surface area contributed by atoms with Gasteiger partial charge in [-0.3, -0.25) is 4.90 Å². The van der Waals surface area contributed by atoms with E-state index in [0.717, 1.165) is 59.8 Å². The van der Waals surface area contributed by atoms with Gasteiger partial charge in [0.25, 0.3) is 0 Å². The second-order valence-electron chi connectivity index (χ2n) is 8.01. The molecule has 0 saturated heterocycles. The highest BCUT2D eigenvalue weighted by atomic mass is 19.4. The van der Waals surface area contributed by atoms with Gasteiger partial charge in [0.2, 0.25) is 0 Å². The highest BCUT2D eigenvalue weighted by Gasteiger charge is 2.30. The van der Waals surface area contributed by atoms with E-state index in [9.17, 15) is 18.3 Å². The van der Waals surface area contributed by atoms with Gasteiger partial charge in [-0.15, -0.1) is 0 Å². The summed E-state index contributed by atoms with van der Waals surface area (Å²) in [6.45, 7) is 2.73. The van der Waals surface area contributed by atoms with Gasteiger partial charge in [0.05, 0.1) is 11.3 Å². The maximum atomic E-state index is 12.8. The molecular weight excluding hydrogens is 419 g/mol. The van der Waals surface area contributed by atoms with Crippen LogP contribution < -0.4 is 4.74 Å². The topological polar surface area (TPSA) is 58.5 Å². The SMILES string of the molecule is Oc1ccc2c(c1)C=C(CN1CCc3nc(-c4ccc(C(F)(F)F)cc4)ncc3C1)CO2. The lowest BCUT2D eigenvalue weighted by atomic mass is 10.0. The molecule has 2 aromatic carbocycles. The van der Waals surface area contributed by atoms with Crippen LogP contribution >= 0.6 is 0 Å². The molecule has 1 N–H and O–H groups in total. The summed E-state index contributed by atoms with van der Waals surface area (Å²) in [4.78, 5) is 11.3. The molecule has 0 amide bonds. The van der Waals surface area contributed by atoms with Crippen LogP contribution in [0.3, 0.4) is 0 Å². The second kappa shape index (κ2) is 7.94. The fourth-order valence-electron chi connectivity index (χ4n) is 4.05. The van der Waals surface area contributed by atoms with Crippen LogP contribution in [-0.2, 0) is 19.1 Å². The molecule has 0 spiro atoms. The number of benzene rings is 2. The number of hydrogen-bond acceptors (Lipinski definition) is 5. The van der Waals surface area contributed by atoms with Crippen molar-refractivity contribution in [3.8, 4) is 22.9 Å². The zero-order valence-electron chi connectivity index (χ0n) is 17.1. The van der Waals surface area contributed by atoms with E-state index in [-0.39, 0.29) is 5.75 Å². The third-order valence-corrected chi connectivity index (χ3v) is 5.68. The summed E-state index contributed by atoms with van der Waals surface area (Å²) in [6.07, 6.45) is 0.190. The van der Waals surface area contributed by atoms with Crippen molar-refractivity contribution < 1.29 is 23.0 Å². The molecule has 8 heteroatoms. The van der Waals surface area contributed by atoms with Crippen LogP contribution in [0.1, 0.15) is 22.4 Å². The zero-order chi connectivity index (χ0) is 22.3. The van der Waals surface area contributed by atoms with E-state index in [4.69, 9.17) is 4.74 Å². The van der Waals surface area contributed by atoms with Crippen molar-refractivity contribution in [1.29, 1.82) is 0 Å². The third-order valence-electron chi connectivity index (χ3n) is 5.68. The van der Waals surface area contributed by atoms with Gasteiger partial charge in [-0.05, 0) is 42.0 Å². The third kappa shape index (κ3) is 4.18. The molecule has 32 heavy (non-hydrogen) atoms. The van der Waals surface area contributed by atoms with E-state index in [1.165, 1.54) is 12.1 Å². The standard InChI is InChI=1S/C24H20F3N3O2/c25-24(26,27)19-3-1-16(2-4-19)23-28-11-18-13-30(8-7-21(18)29-23)12-15-9-17-10-20(31)5-6-22(17)32-14-15/h1-6,9-11,31H,7-8,12-14H2. The Labute approximate surface area is 182 Å². The van der Waals surface area contributed by atoms with Crippen molar-refractivity contribution in [1.82, 2.24) is 14.9 Å². The number of phenols is 1. The van der Waals surface area contributed by atoms with Gasteiger partial charge >= 0.3 is 6.18 Å². The smallest absolute Gasteiger partial charge is 0.416 e. The molecule has 3 aromatic rings. The van der Waals surface area contributed by atoms with Crippen LogP contribution in [-0.4, -0.2) is 39.7 Å². The summed E-state index contributed by atoms with van der Waals surface area (Å²) in [5.41, 5.74) is 3.81. The highest BCUT2D eigenvalue weighted by molar-refractivity contribution is 5.64. The molecule has 0 saturated carbocycles. The number of fused-ring (bicyclic) bond motifs is 2. The lowest BCUT2D eigenvalue weighted by molar-refractivity contribution is -0.137. The van der Waals surface area contributed by atoms with Crippen molar-refractivity contribution in [2.75, 3.05) is 19.7 Å². The van der Waals surface area contributed by atoms with Gasteiger partial charge in [-0.1, -0.05) is 12.1 Å². The molecule has 0 unspecified atom stereocenters. The predicted octanol–water partition coefficient (Wildman–Crippen LogP) is 4.70. The molecule has 3 heterocycles. The molecule has 0 radical (unpaired) electrons. The van der Waals surface area contributed by atoms with Crippen LogP contribution in [0, 0.1) is 0 Å². The van der Waals surface area contributed by atoms with E-state index >= 15 is 0 Å². The quantitative estimate of drug-likeness (QED) is 0.641. The normalized spacial score (nSPS) is 16.0. The van der Waals surface area contributed by atoms with Crippen molar-refractivity contribution in [2.24, 2.45) is 0 Å². The lowest BCUT2D eigenvalue weighted by Gasteiger charge is -2.30. The number of aromatic hydroxyl groups is 1. The summed E-state index contributed by atoms with van der Waals surface area (Å²) >= 11 is 0. The minimum absolute atomic E-state index is 0.206. The number of ether oxygens (including phenoxy) is 1. The average Bonchev–Trinajstić information content (AvgIpc) is 2.78. The number of rotatable bonds is 3. The first-order valence-corrected chi connectivity index (χ1v) is 10.3. The monoisotopic (exact) mass is 439 g/mol. The largest absolute Gasteiger partial charge is 0.508 e. The summed E-state index contributed by atoms with van der Waals surface area (Å²) in [7, 11) is 0. The second-order valence-corrected chi connectivity index (χ2v) is 8.01. The zero-order valence-corrected chi connectivity index (χ0v) is 17.1. The van der Waals surface area contributed by atoms with E-state index in [0.29, 0.717) is 24.5 Å². The Morgan fingerprint density at radius 3 is 2.69 bits per heavy atom. The molecule has 5 rings (SSSR count). The molecule has 0 bridgehead atoms. The lowest BCUT2D eigenvalue weighted by Crippen LogP contribution is -2.34. The average molecular weight is 439 g/mol. The van der Waals surface area contributed by atoms with Gasteiger partial charge in [0.1, 0.15) is 18.1 Å². The van der Waals surface area contributed by atoms with Crippen LogP contribution in [0.4, 0.5) is 13.2 Å². The Morgan fingerprint density at radius 2 is 1.91 bits per heavy atom. The number of alkyl halides is 3. The van der Waals surface area contributed by atoms with Crippen LogP contribution in [0.5, 0.6) is 11.5 Å². The van der Waals surface area contributed by atoms with Crippen molar-refractivity contribution in [2.45, 2.75) is 19.1 Å².